The highest BCUT2D eigenvalue weighted by molar-refractivity contribution is 6.02. The predicted molar refractivity (Wildman–Crippen MR) is 98.0 cm³/mol. The molecule has 154 valence electrons. The molecular weight excluding hydrogens is 406 g/mol. The molecule has 0 radical (unpaired) electrons. The van der Waals surface area contributed by atoms with Crippen LogP contribution < -0.4 is 10.1 Å². The van der Waals surface area contributed by atoms with Gasteiger partial charge in [0.05, 0.1) is 11.0 Å². The molecule has 0 saturated heterocycles. The lowest BCUT2D eigenvalue weighted by atomic mass is 10.3. The Morgan fingerprint density at radius 2 is 1.80 bits per heavy atom. The third-order valence-corrected chi connectivity index (χ3v) is 4.33. The molecule has 1 N–H and O–H groups in total. The molecule has 4 rings (SSSR count). The number of anilines is 1. The minimum absolute atomic E-state index is 0.00798. The highest BCUT2D eigenvalue weighted by Gasteiger charge is 2.21. The van der Waals surface area contributed by atoms with Gasteiger partial charge in [0.2, 0.25) is 17.6 Å². The summed E-state index contributed by atoms with van der Waals surface area (Å²) in [5, 5.41) is 2.60. The first-order valence-corrected chi connectivity index (χ1v) is 8.62. The lowest BCUT2D eigenvalue weighted by Crippen LogP contribution is -2.14. The van der Waals surface area contributed by atoms with Gasteiger partial charge >= 0.3 is 0 Å². The summed E-state index contributed by atoms with van der Waals surface area (Å²) in [5.41, 5.74) is 1.50. The molecule has 0 aliphatic rings. The van der Waals surface area contributed by atoms with E-state index in [0.717, 1.165) is 5.52 Å². The molecule has 0 spiro atoms. The smallest absolute Gasteiger partial charge is 0.293 e. The van der Waals surface area contributed by atoms with E-state index in [1.165, 1.54) is 12.1 Å². The Morgan fingerprint density at radius 3 is 2.50 bits per heavy atom. The molecule has 6 nitrogen and oxygen atoms in total. The van der Waals surface area contributed by atoms with Crippen molar-refractivity contribution in [1.82, 2.24) is 9.55 Å². The van der Waals surface area contributed by atoms with Gasteiger partial charge in [0.25, 0.3) is 5.91 Å². The molecule has 0 saturated carbocycles. The molecular formula is C20H13F4N3O3. The van der Waals surface area contributed by atoms with Crippen LogP contribution >= 0.6 is 0 Å². The predicted octanol–water partition coefficient (Wildman–Crippen LogP) is 4.55. The number of amides is 1. The molecule has 1 amide bonds. The zero-order valence-electron chi connectivity index (χ0n) is 15.4. The third kappa shape index (κ3) is 3.47. The van der Waals surface area contributed by atoms with E-state index in [2.05, 4.69) is 10.3 Å². The first-order valence-electron chi connectivity index (χ1n) is 8.62. The number of nitrogens with zero attached hydrogens (tertiary/aromatic N) is 2. The highest BCUT2D eigenvalue weighted by Crippen LogP contribution is 2.27. The van der Waals surface area contributed by atoms with E-state index in [4.69, 9.17) is 9.15 Å². The Kier molecular flexibility index (Phi) is 4.90. The topological polar surface area (TPSA) is 69.3 Å². The van der Waals surface area contributed by atoms with Crippen LogP contribution in [-0.2, 0) is 13.7 Å². The van der Waals surface area contributed by atoms with Crippen molar-refractivity contribution in [2.45, 2.75) is 6.61 Å². The van der Waals surface area contributed by atoms with E-state index in [9.17, 15) is 22.4 Å². The van der Waals surface area contributed by atoms with Gasteiger partial charge in [-0.05, 0) is 24.3 Å². The number of ether oxygens (including phenoxy) is 1. The first kappa shape index (κ1) is 19.5. The Labute approximate surface area is 166 Å². The number of halogens is 4. The standard InChI is InChI=1S/C20H13F4N3O3/c1-27-14-5-3-2-4-13(14)25-20(27)26-19(28)15-7-6-10(30-15)9-29-18-16(23)11(21)8-12(22)17(18)24/h2-8H,9H2,1H3,(H,25,26,28). The van der Waals surface area contributed by atoms with Crippen LogP contribution in [0, 0.1) is 23.3 Å². The van der Waals surface area contributed by atoms with Crippen LogP contribution in [0.4, 0.5) is 23.5 Å². The second kappa shape index (κ2) is 7.54. The van der Waals surface area contributed by atoms with Gasteiger partial charge < -0.3 is 13.7 Å². The van der Waals surface area contributed by atoms with Gasteiger partial charge in [0.1, 0.15) is 12.4 Å². The van der Waals surface area contributed by atoms with Crippen LogP contribution in [0.1, 0.15) is 16.3 Å². The number of carbonyl (C=O) groups excluding carboxylic acids is 1. The molecule has 10 heteroatoms. The van der Waals surface area contributed by atoms with Crippen molar-refractivity contribution in [3.05, 3.63) is 77.3 Å². The number of nitrogens with one attached hydrogen (secondary N) is 1. The molecule has 0 aliphatic carbocycles. The summed E-state index contributed by atoms with van der Waals surface area (Å²) in [7, 11) is 1.73. The SMILES string of the molecule is Cn1c(NC(=O)c2ccc(COc3c(F)c(F)cc(F)c3F)o2)nc2ccccc21. The van der Waals surface area contributed by atoms with Crippen LogP contribution in [-0.4, -0.2) is 15.5 Å². The lowest BCUT2D eigenvalue weighted by molar-refractivity contribution is 0.0991. The summed E-state index contributed by atoms with van der Waals surface area (Å²) in [6.45, 7) is -0.559. The van der Waals surface area contributed by atoms with Crippen molar-refractivity contribution in [2.24, 2.45) is 7.05 Å². The van der Waals surface area contributed by atoms with Gasteiger partial charge in [-0.1, -0.05) is 12.1 Å². The number of fused-ring (bicyclic) bond motifs is 1. The van der Waals surface area contributed by atoms with E-state index in [1.54, 1.807) is 17.7 Å². The van der Waals surface area contributed by atoms with E-state index in [1.807, 2.05) is 18.2 Å². The van der Waals surface area contributed by atoms with E-state index < -0.39 is 41.5 Å². The number of hydrogen-bond acceptors (Lipinski definition) is 4. The zero-order chi connectivity index (χ0) is 21.4. The number of para-hydroxylation sites is 2. The van der Waals surface area contributed by atoms with Gasteiger partial charge in [-0.25, -0.2) is 13.8 Å². The van der Waals surface area contributed by atoms with E-state index >= 15 is 0 Å². The van der Waals surface area contributed by atoms with Crippen LogP contribution in [0.3, 0.4) is 0 Å². The second-order valence-electron chi connectivity index (χ2n) is 6.29. The highest BCUT2D eigenvalue weighted by atomic mass is 19.2. The molecule has 4 aromatic rings. The molecule has 0 fully saturated rings. The normalized spacial score (nSPS) is 11.1. The van der Waals surface area contributed by atoms with Crippen molar-refractivity contribution in [1.29, 1.82) is 0 Å². The zero-order valence-corrected chi connectivity index (χ0v) is 15.4. The number of benzene rings is 2. The summed E-state index contributed by atoms with van der Waals surface area (Å²) in [5.74, 6) is -8.17. The summed E-state index contributed by atoms with van der Waals surface area (Å²) in [6, 6.07) is 10.0. The summed E-state index contributed by atoms with van der Waals surface area (Å²) in [6.07, 6.45) is 0. The summed E-state index contributed by atoms with van der Waals surface area (Å²) < 4.78 is 65.5. The number of hydrogen-bond donors (Lipinski definition) is 1. The fraction of sp³-hybridized carbons (Fsp3) is 0.100. The Balaban J connectivity index is 1.48. The Hall–Kier alpha value is -3.82. The van der Waals surface area contributed by atoms with Gasteiger partial charge in [0, 0.05) is 13.1 Å². The average Bonchev–Trinajstić information content (AvgIpc) is 3.32. The van der Waals surface area contributed by atoms with E-state index in [0.29, 0.717) is 5.52 Å². The molecule has 2 aromatic carbocycles. The lowest BCUT2D eigenvalue weighted by Gasteiger charge is -2.08. The van der Waals surface area contributed by atoms with E-state index in [-0.39, 0.29) is 23.5 Å². The number of aromatic nitrogens is 2. The largest absolute Gasteiger partial charge is 0.479 e. The number of aryl methyl sites for hydroxylation is 1. The van der Waals surface area contributed by atoms with Gasteiger partial charge in [-0.3, -0.25) is 10.1 Å². The molecule has 2 heterocycles. The fourth-order valence-corrected chi connectivity index (χ4v) is 2.82. The number of carbonyl (C=O) groups is 1. The Morgan fingerprint density at radius 1 is 1.10 bits per heavy atom. The van der Waals surface area contributed by atoms with Crippen molar-refractivity contribution in [2.75, 3.05) is 5.32 Å². The Bertz CT molecular complexity index is 1240. The average molecular weight is 419 g/mol. The molecule has 0 bridgehead atoms. The number of rotatable bonds is 5. The quantitative estimate of drug-likeness (QED) is 0.381. The van der Waals surface area contributed by atoms with Gasteiger partial charge in [-0.2, -0.15) is 8.78 Å². The monoisotopic (exact) mass is 419 g/mol. The number of furan rings is 1. The fourth-order valence-electron chi connectivity index (χ4n) is 2.82. The van der Waals surface area contributed by atoms with Gasteiger partial charge in [-0.15, -0.1) is 0 Å². The van der Waals surface area contributed by atoms with Crippen molar-refractivity contribution in [3.63, 3.8) is 0 Å². The summed E-state index contributed by atoms with van der Waals surface area (Å²) in [4.78, 5) is 16.7. The van der Waals surface area contributed by atoms with Gasteiger partial charge in [0.15, 0.2) is 23.1 Å². The van der Waals surface area contributed by atoms with Crippen molar-refractivity contribution < 1.29 is 31.5 Å². The van der Waals surface area contributed by atoms with Crippen LogP contribution in [0.25, 0.3) is 11.0 Å². The molecule has 2 aromatic heterocycles. The minimum atomic E-state index is -1.67. The molecule has 0 unspecified atom stereocenters. The first-order chi connectivity index (χ1) is 14.3. The third-order valence-electron chi connectivity index (χ3n) is 4.33. The maximum atomic E-state index is 13.6. The van der Waals surface area contributed by atoms with Crippen LogP contribution in [0.15, 0.2) is 46.9 Å². The summed E-state index contributed by atoms with van der Waals surface area (Å²) >= 11 is 0. The maximum absolute atomic E-state index is 13.6. The molecule has 30 heavy (non-hydrogen) atoms. The minimum Gasteiger partial charge on any atom is -0.479 e. The van der Waals surface area contributed by atoms with Crippen LogP contribution in [0.5, 0.6) is 5.75 Å². The second-order valence-corrected chi connectivity index (χ2v) is 6.29. The molecule has 0 atom stereocenters. The maximum Gasteiger partial charge on any atom is 0.293 e. The van der Waals surface area contributed by atoms with Crippen molar-refractivity contribution >= 4 is 22.9 Å². The number of imidazole rings is 1. The van der Waals surface area contributed by atoms with Crippen molar-refractivity contribution in [3.8, 4) is 5.75 Å². The van der Waals surface area contributed by atoms with Crippen LogP contribution in [0.2, 0.25) is 0 Å². The molecule has 0 aliphatic heterocycles.